The Hall–Kier alpha value is -0.790. The van der Waals surface area contributed by atoms with E-state index in [1.807, 2.05) is 19.1 Å². The second kappa shape index (κ2) is 5.18. The van der Waals surface area contributed by atoms with E-state index < -0.39 is 0 Å². The summed E-state index contributed by atoms with van der Waals surface area (Å²) in [6.45, 7) is 1.98. The van der Waals surface area contributed by atoms with Gasteiger partial charge in [0.25, 0.3) is 0 Å². The maximum atomic E-state index is 11.5. The molecular weight excluding hydrogens is 219 g/mol. The van der Waals surface area contributed by atoms with Crippen molar-refractivity contribution < 1.29 is 4.79 Å². The van der Waals surface area contributed by atoms with E-state index in [2.05, 4.69) is 0 Å². The highest BCUT2D eigenvalue weighted by Crippen LogP contribution is 2.11. The first-order chi connectivity index (χ1) is 6.59. The number of halogens is 2. The Morgan fingerprint density at radius 3 is 2.36 bits per heavy atom. The van der Waals surface area contributed by atoms with Gasteiger partial charge in [0.1, 0.15) is 4.49 Å². The SMILES string of the molecule is Cc1ccc(C(=O)CC=C(Cl)Cl)cc1. The van der Waals surface area contributed by atoms with Crippen molar-refractivity contribution in [1.29, 1.82) is 0 Å². The Kier molecular flexibility index (Phi) is 4.18. The lowest BCUT2D eigenvalue weighted by molar-refractivity contribution is 0.0996. The van der Waals surface area contributed by atoms with E-state index in [9.17, 15) is 4.79 Å². The van der Waals surface area contributed by atoms with Gasteiger partial charge in [0, 0.05) is 12.0 Å². The van der Waals surface area contributed by atoms with Gasteiger partial charge in [0.15, 0.2) is 5.78 Å². The molecule has 0 N–H and O–H groups in total. The molecule has 74 valence electrons. The van der Waals surface area contributed by atoms with Crippen LogP contribution in [-0.4, -0.2) is 5.78 Å². The van der Waals surface area contributed by atoms with Crippen LogP contribution in [0, 0.1) is 6.92 Å². The summed E-state index contributed by atoms with van der Waals surface area (Å²) in [6, 6.07) is 7.40. The van der Waals surface area contributed by atoms with Crippen LogP contribution in [0.15, 0.2) is 34.8 Å². The molecule has 1 aromatic rings. The molecule has 0 aliphatic rings. The van der Waals surface area contributed by atoms with Gasteiger partial charge < -0.3 is 0 Å². The number of carbonyl (C=O) groups excluding carboxylic acids is 1. The summed E-state index contributed by atoms with van der Waals surface area (Å²) in [5.74, 6) is 0.0174. The van der Waals surface area contributed by atoms with Gasteiger partial charge in [0.05, 0.1) is 0 Å². The predicted octanol–water partition coefficient (Wildman–Crippen LogP) is 3.89. The van der Waals surface area contributed by atoms with Gasteiger partial charge in [0.2, 0.25) is 0 Å². The molecule has 0 spiro atoms. The van der Waals surface area contributed by atoms with E-state index in [0.717, 1.165) is 5.56 Å². The maximum absolute atomic E-state index is 11.5. The fourth-order valence-electron chi connectivity index (χ4n) is 1.03. The largest absolute Gasteiger partial charge is 0.294 e. The van der Waals surface area contributed by atoms with Gasteiger partial charge in [-0.2, -0.15) is 0 Å². The number of hydrogen-bond acceptors (Lipinski definition) is 1. The summed E-state index contributed by atoms with van der Waals surface area (Å²) >= 11 is 10.8. The van der Waals surface area contributed by atoms with Gasteiger partial charge >= 0.3 is 0 Å². The van der Waals surface area contributed by atoms with Crippen molar-refractivity contribution in [3.63, 3.8) is 0 Å². The normalized spacial score (nSPS) is 9.64. The molecule has 0 aromatic heterocycles. The Morgan fingerprint density at radius 2 is 1.86 bits per heavy atom. The van der Waals surface area contributed by atoms with Crippen LogP contribution < -0.4 is 0 Å². The van der Waals surface area contributed by atoms with Crippen molar-refractivity contribution >= 4 is 29.0 Å². The monoisotopic (exact) mass is 228 g/mol. The Bertz CT molecular complexity index is 348. The molecule has 0 heterocycles. The standard InChI is InChI=1S/C11H10Cl2O/c1-8-2-4-9(5-3-8)10(14)6-7-11(12)13/h2-5,7H,6H2,1H3. The quantitative estimate of drug-likeness (QED) is 0.718. The zero-order valence-electron chi connectivity index (χ0n) is 7.76. The summed E-state index contributed by atoms with van der Waals surface area (Å²) in [5.41, 5.74) is 1.81. The fraction of sp³-hybridized carbons (Fsp3) is 0.182. The molecule has 1 nitrogen and oxygen atoms in total. The summed E-state index contributed by atoms with van der Waals surface area (Å²) < 4.78 is 0.130. The number of Topliss-reactive ketones (excluding diaryl/α,β-unsaturated/α-hetero) is 1. The molecule has 14 heavy (non-hydrogen) atoms. The lowest BCUT2D eigenvalue weighted by Gasteiger charge is -1.98. The Morgan fingerprint density at radius 1 is 1.29 bits per heavy atom. The van der Waals surface area contributed by atoms with Gasteiger partial charge in [-0.05, 0) is 13.0 Å². The molecule has 0 saturated heterocycles. The molecule has 0 aliphatic carbocycles. The fourth-order valence-corrected chi connectivity index (χ4v) is 1.18. The van der Waals surface area contributed by atoms with Gasteiger partial charge in [-0.3, -0.25) is 4.79 Å². The topological polar surface area (TPSA) is 17.1 Å². The summed E-state index contributed by atoms with van der Waals surface area (Å²) in [5, 5.41) is 0. The van der Waals surface area contributed by atoms with Gasteiger partial charge in [-0.1, -0.05) is 53.0 Å². The third kappa shape index (κ3) is 3.52. The third-order valence-electron chi connectivity index (χ3n) is 1.82. The second-order valence-electron chi connectivity index (χ2n) is 2.99. The predicted molar refractivity (Wildman–Crippen MR) is 59.9 cm³/mol. The molecule has 0 amide bonds. The number of ketones is 1. The highest BCUT2D eigenvalue weighted by molar-refractivity contribution is 6.55. The molecule has 0 atom stereocenters. The van der Waals surface area contributed by atoms with Crippen LogP contribution in [0.25, 0.3) is 0 Å². The van der Waals surface area contributed by atoms with E-state index in [4.69, 9.17) is 23.2 Å². The van der Waals surface area contributed by atoms with Crippen molar-refractivity contribution in [3.05, 3.63) is 46.0 Å². The minimum atomic E-state index is 0.0174. The highest BCUT2D eigenvalue weighted by Gasteiger charge is 2.02. The number of hydrogen-bond donors (Lipinski definition) is 0. The number of benzene rings is 1. The summed E-state index contributed by atoms with van der Waals surface area (Å²) in [6.07, 6.45) is 1.73. The molecule has 0 radical (unpaired) electrons. The van der Waals surface area contributed by atoms with Crippen LogP contribution >= 0.6 is 23.2 Å². The van der Waals surface area contributed by atoms with Crippen LogP contribution in [0.3, 0.4) is 0 Å². The smallest absolute Gasteiger partial charge is 0.166 e. The molecule has 1 rings (SSSR count). The first-order valence-electron chi connectivity index (χ1n) is 4.20. The van der Waals surface area contributed by atoms with Crippen molar-refractivity contribution in [3.8, 4) is 0 Å². The van der Waals surface area contributed by atoms with E-state index >= 15 is 0 Å². The van der Waals surface area contributed by atoms with Gasteiger partial charge in [-0.15, -0.1) is 0 Å². The number of rotatable bonds is 3. The van der Waals surface area contributed by atoms with E-state index in [-0.39, 0.29) is 16.7 Å². The third-order valence-corrected chi connectivity index (χ3v) is 2.12. The van der Waals surface area contributed by atoms with E-state index in [1.54, 1.807) is 12.1 Å². The lowest BCUT2D eigenvalue weighted by Crippen LogP contribution is -1.96. The number of aryl methyl sites for hydroxylation is 1. The van der Waals surface area contributed by atoms with Crippen molar-refractivity contribution in [1.82, 2.24) is 0 Å². The average molecular weight is 229 g/mol. The van der Waals surface area contributed by atoms with E-state index in [1.165, 1.54) is 6.08 Å². The molecule has 0 aliphatic heterocycles. The number of carbonyl (C=O) groups is 1. The molecule has 3 heteroatoms. The van der Waals surface area contributed by atoms with Crippen molar-refractivity contribution in [2.75, 3.05) is 0 Å². The molecule has 1 aromatic carbocycles. The van der Waals surface area contributed by atoms with Crippen LogP contribution in [0.1, 0.15) is 22.3 Å². The Balaban J connectivity index is 2.70. The minimum absolute atomic E-state index is 0.0174. The molecular formula is C11H10Cl2O. The first-order valence-corrected chi connectivity index (χ1v) is 4.96. The second-order valence-corrected chi connectivity index (χ2v) is 3.99. The van der Waals surface area contributed by atoms with Crippen LogP contribution in [-0.2, 0) is 0 Å². The van der Waals surface area contributed by atoms with Gasteiger partial charge in [-0.25, -0.2) is 0 Å². The van der Waals surface area contributed by atoms with Crippen molar-refractivity contribution in [2.24, 2.45) is 0 Å². The first kappa shape index (κ1) is 11.3. The zero-order chi connectivity index (χ0) is 10.6. The molecule has 0 unspecified atom stereocenters. The summed E-state index contributed by atoms with van der Waals surface area (Å²) in [4.78, 5) is 11.5. The van der Waals surface area contributed by atoms with Crippen LogP contribution in [0.5, 0.6) is 0 Å². The summed E-state index contributed by atoms with van der Waals surface area (Å²) in [7, 11) is 0. The van der Waals surface area contributed by atoms with Crippen molar-refractivity contribution in [2.45, 2.75) is 13.3 Å². The molecule has 0 bridgehead atoms. The Labute approximate surface area is 93.3 Å². The van der Waals surface area contributed by atoms with Crippen LogP contribution in [0.4, 0.5) is 0 Å². The lowest BCUT2D eigenvalue weighted by atomic mass is 10.1. The average Bonchev–Trinajstić information content (AvgIpc) is 2.15. The van der Waals surface area contributed by atoms with E-state index in [0.29, 0.717) is 5.56 Å². The molecule has 0 saturated carbocycles. The maximum Gasteiger partial charge on any atom is 0.166 e. The number of allylic oxidation sites excluding steroid dienone is 1. The minimum Gasteiger partial charge on any atom is -0.294 e. The highest BCUT2D eigenvalue weighted by atomic mass is 35.5. The molecule has 0 fully saturated rings. The van der Waals surface area contributed by atoms with Crippen LogP contribution in [0.2, 0.25) is 0 Å². The zero-order valence-corrected chi connectivity index (χ0v) is 9.27.